The second-order valence-corrected chi connectivity index (χ2v) is 9.16. The molecule has 1 heterocycles. The molecule has 4 fully saturated rings. The van der Waals surface area contributed by atoms with Crippen molar-refractivity contribution in [1.29, 1.82) is 0 Å². The largest absolute Gasteiger partial charge is 0.347 e. The number of halogens is 1. The van der Waals surface area contributed by atoms with Crippen molar-refractivity contribution in [1.82, 2.24) is 10.3 Å². The number of hydrogen-bond acceptors (Lipinski definition) is 4. The second kappa shape index (κ2) is 5.45. The van der Waals surface area contributed by atoms with E-state index in [2.05, 4.69) is 15.6 Å². The molecule has 1 aromatic heterocycles. The van der Waals surface area contributed by atoms with Crippen LogP contribution in [0.15, 0.2) is 11.6 Å². The smallest absolute Gasteiger partial charge is 0.245 e. The molecule has 5 rings (SSSR count). The van der Waals surface area contributed by atoms with Crippen LogP contribution >= 0.6 is 22.9 Å². The standard InChI is InChI=1S/C16H20ClN3O2S/c17-16-6-10-3-11(7-16)5-15(4-10,9-16)13(22)19-8-12(21)20-14-18-1-2-23-14/h1-2,10-11H,3-9H2,(H,19,22)(H,18,20,21)/t10-,11-,15?,16?/m1/s1. The maximum absolute atomic E-state index is 12.8. The third kappa shape index (κ3) is 2.87. The Morgan fingerprint density at radius 3 is 2.65 bits per heavy atom. The van der Waals surface area contributed by atoms with Crippen LogP contribution in [0.3, 0.4) is 0 Å². The molecule has 0 aromatic carbocycles. The van der Waals surface area contributed by atoms with Gasteiger partial charge in [-0.15, -0.1) is 22.9 Å². The van der Waals surface area contributed by atoms with Crippen molar-refractivity contribution in [2.75, 3.05) is 11.9 Å². The van der Waals surface area contributed by atoms with E-state index in [0.29, 0.717) is 17.0 Å². The predicted molar refractivity (Wildman–Crippen MR) is 89.5 cm³/mol. The monoisotopic (exact) mass is 353 g/mol. The Bertz CT molecular complexity index is 619. The number of alkyl halides is 1. The van der Waals surface area contributed by atoms with Gasteiger partial charge in [0.05, 0.1) is 12.0 Å². The van der Waals surface area contributed by atoms with E-state index < -0.39 is 0 Å². The second-order valence-electron chi connectivity index (χ2n) is 7.46. The zero-order chi connectivity index (χ0) is 16.1. The van der Waals surface area contributed by atoms with Crippen molar-refractivity contribution in [2.45, 2.75) is 43.4 Å². The highest BCUT2D eigenvalue weighted by molar-refractivity contribution is 7.13. The Hall–Kier alpha value is -1.14. The minimum Gasteiger partial charge on any atom is -0.347 e. The van der Waals surface area contributed by atoms with Crippen molar-refractivity contribution in [3.05, 3.63) is 11.6 Å². The van der Waals surface area contributed by atoms with Gasteiger partial charge in [0.15, 0.2) is 5.13 Å². The number of nitrogens with one attached hydrogen (secondary N) is 2. The molecule has 2 atom stereocenters. The minimum absolute atomic E-state index is 0.00548. The topological polar surface area (TPSA) is 71.1 Å². The summed E-state index contributed by atoms with van der Waals surface area (Å²) in [5.41, 5.74) is -0.354. The summed E-state index contributed by atoms with van der Waals surface area (Å²) in [5, 5.41) is 7.87. The van der Waals surface area contributed by atoms with E-state index in [1.807, 2.05) is 0 Å². The predicted octanol–water partition coefficient (Wildman–Crippen LogP) is 2.78. The van der Waals surface area contributed by atoms with Crippen LogP contribution in [0.1, 0.15) is 38.5 Å². The number of thiazole rings is 1. The highest BCUT2D eigenvalue weighted by Crippen LogP contribution is 2.63. The highest BCUT2D eigenvalue weighted by atomic mass is 35.5. The average Bonchev–Trinajstić information content (AvgIpc) is 2.95. The zero-order valence-corrected chi connectivity index (χ0v) is 14.4. The third-order valence-corrected chi connectivity index (χ3v) is 6.69. The quantitative estimate of drug-likeness (QED) is 0.817. The van der Waals surface area contributed by atoms with Gasteiger partial charge in [0.2, 0.25) is 11.8 Å². The van der Waals surface area contributed by atoms with Crippen LogP contribution in [0, 0.1) is 17.3 Å². The van der Waals surface area contributed by atoms with Crippen molar-refractivity contribution in [2.24, 2.45) is 17.3 Å². The summed E-state index contributed by atoms with van der Waals surface area (Å²) >= 11 is 8.11. The number of anilines is 1. The molecule has 23 heavy (non-hydrogen) atoms. The van der Waals surface area contributed by atoms with Crippen LogP contribution in [0.25, 0.3) is 0 Å². The molecule has 5 nitrogen and oxygen atoms in total. The van der Waals surface area contributed by atoms with Gasteiger partial charge in [0, 0.05) is 16.5 Å². The first-order chi connectivity index (χ1) is 11.0. The summed E-state index contributed by atoms with van der Waals surface area (Å²) in [6, 6.07) is 0. The molecule has 4 aliphatic rings. The summed E-state index contributed by atoms with van der Waals surface area (Å²) in [6.45, 7) is -0.00914. The number of carbonyl (C=O) groups excluding carboxylic acids is 2. The van der Waals surface area contributed by atoms with Crippen LogP contribution in [0.2, 0.25) is 0 Å². The lowest BCUT2D eigenvalue weighted by atomic mass is 9.49. The normalized spacial score (nSPS) is 37.6. The molecule has 0 aliphatic heterocycles. The zero-order valence-electron chi connectivity index (χ0n) is 12.8. The van der Waals surface area contributed by atoms with Gasteiger partial charge in [0.1, 0.15) is 0 Å². The lowest BCUT2D eigenvalue weighted by Gasteiger charge is -2.59. The summed E-state index contributed by atoms with van der Waals surface area (Å²) in [7, 11) is 0. The van der Waals surface area contributed by atoms with E-state index in [-0.39, 0.29) is 28.6 Å². The van der Waals surface area contributed by atoms with Gasteiger partial charge in [-0.1, -0.05) is 0 Å². The molecule has 0 radical (unpaired) electrons. The summed E-state index contributed by atoms with van der Waals surface area (Å²) < 4.78 is 0. The summed E-state index contributed by atoms with van der Waals surface area (Å²) in [4.78, 5) is 28.5. The SMILES string of the molecule is O=C(CNC(=O)C12C[C@H]3C[C@@H](CC(Cl)(C3)C1)C2)Nc1nccs1. The van der Waals surface area contributed by atoms with Crippen molar-refractivity contribution in [3.8, 4) is 0 Å². The fraction of sp³-hybridized carbons (Fsp3) is 0.688. The Balaban J connectivity index is 1.38. The minimum atomic E-state index is -0.354. The van der Waals surface area contributed by atoms with E-state index in [4.69, 9.17) is 11.6 Å². The number of aromatic nitrogens is 1. The molecule has 2 amide bonds. The molecule has 1 aromatic rings. The Labute approximate surface area is 144 Å². The fourth-order valence-electron chi connectivity index (χ4n) is 5.21. The van der Waals surface area contributed by atoms with Gasteiger partial charge in [-0.25, -0.2) is 4.98 Å². The number of hydrogen-bond donors (Lipinski definition) is 2. The first-order valence-electron chi connectivity index (χ1n) is 8.13. The molecule has 7 heteroatoms. The number of carbonyl (C=O) groups is 2. The van der Waals surface area contributed by atoms with Crippen molar-refractivity contribution < 1.29 is 9.59 Å². The van der Waals surface area contributed by atoms with Crippen LogP contribution in [-0.2, 0) is 9.59 Å². The Morgan fingerprint density at radius 2 is 2.04 bits per heavy atom. The fourth-order valence-corrected chi connectivity index (χ4v) is 6.45. The molecule has 0 saturated heterocycles. The summed E-state index contributed by atoms with van der Waals surface area (Å²) in [5.74, 6) is 0.914. The lowest BCUT2D eigenvalue weighted by Crippen LogP contribution is -2.58. The van der Waals surface area contributed by atoms with E-state index >= 15 is 0 Å². The Morgan fingerprint density at radius 1 is 1.30 bits per heavy atom. The molecule has 4 bridgehead atoms. The molecule has 0 spiro atoms. The van der Waals surface area contributed by atoms with Gasteiger partial charge in [-0.05, 0) is 50.4 Å². The average molecular weight is 354 g/mol. The van der Waals surface area contributed by atoms with E-state index in [1.54, 1.807) is 11.6 Å². The van der Waals surface area contributed by atoms with E-state index in [9.17, 15) is 9.59 Å². The first kappa shape index (κ1) is 15.4. The third-order valence-electron chi connectivity index (χ3n) is 5.56. The number of rotatable bonds is 4. The molecule has 124 valence electrons. The van der Waals surface area contributed by atoms with Crippen LogP contribution in [0.5, 0.6) is 0 Å². The van der Waals surface area contributed by atoms with Gasteiger partial charge >= 0.3 is 0 Å². The highest BCUT2D eigenvalue weighted by Gasteiger charge is 2.59. The van der Waals surface area contributed by atoms with Crippen molar-refractivity contribution >= 4 is 39.9 Å². The van der Waals surface area contributed by atoms with Gasteiger partial charge < -0.3 is 10.6 Å². The number of nitrogens with zero attached hydrogens (tertiary/aromatic N) is 1. The van der Waals surface area contributed by atoms with Crippen LogP contribution < -0.4 is 10.6 Å². The first-order valence-corrected chi connectivity index (χ1v) is 9.39. The lowest BCUT2D eigenvalue weighted by molar-refractivity contribution is -0.145. The van der Waals surface area contributed by atoms with E-state index in [1.165, 1.54) is 17.8 Å². The van der Waals surface area contributed by atoms with Gasteiger partial charge in [0.25, 0.3) is 0 Å². The molecular weight excluding hydrogens is 334 g/mol. The van der Waals surface area contributed by atoms with Gasteiger partial charge in [-0.3, -0.25) is 9.59 Å². The van der Waals surface area contributed by atoms with Crippen LogP contribution in [-0.4, -0.2) is 28.2 Å². The van der Waals surface area contributed by atoms with Crippen molar-refractivity contribution in [3.63, 3.8) is 0 Å². The molecule has 2 N–H and O–H groups in total. The molecule has 4 saturated carbocycles. The Kier molecular flexibility index (Phi) is 3.65. The van der Waals surface area contributed by atoms with Crippen LogP contribution in [0.4, 0.5) is 5.13 Å². The van der Waals surface area contributed by atoms with E-state index in [0.717, 1.165) is 32.1 Å². The van der Waals surface area contributed by atoms with Gasteiger partial charge in [-0.2, -0.15) is 0 Å². The maximum atomic E-state index is 12.8. The number of amides is 2. The summed E-state index contributed by atoms with van der Waals surface area (Å²) in [6.07, 6.45) is 7.56. The molecular formula is C16H20ClN3O2S. The molecule has 0 unspecified atom stereocenters. The molecule has 4 aliphatic carbocycles. The maximum Gasteiger partial charge on any atom is 0.245 e.